The quantitative estimate of drug-likeness (QED) is 0.469. The van der Waals surface area contributed by atoms with E-state index < -0.39 is 30.6 Å². The molecule has 0 bridgehead atoms. The van der Waals surface area contributed by atoms with E-state index in [1.54, 1.807) is 0 Å². The molecule has 0 saturated carbocycles. The van der Waals surface area contributed by atoms with Crippen LogP contribution in [0.15, 0.2) is 0 Å². The number of hydrogen-bond donors (Lipinski definition) is 0. The average molecular weight is 237 g/mol. The van der Waals surface area contributed by atoms with Crippen LogP contribution in [0.4, 0.5) is 26.3 Å². The molecule has 88 valence electrons. The highest BCUT2D eigenvalue weighted by Crippen LogP contribution is 2.49. The van der Waals surface area contributed by atoms with Crippen LogP contribution in [0.25, 0.3) is 0 Å². The molecule has 9 heteroatoms. The number of carbonyl (C=O) groups excluding carboxylic acids is 1. The molecule has 0 N–H and O–H groups in total. The second kappa shape index (κ2) is 3.00. The van der Waals surface area contributed by atoms with E-state index in [1.807, 2.05) is 0 Å². The van der Waals surface area contributed by atoms with Crippen LogP contribution in [0.3, 0.4) is 0 Å². The van der Waals surface area contributed by atoms with E-state index in [1.165, 1.54) is 0 Å². The molecule has 1 heterocycles. The first-order valence-electron chi connectivity index (χ1n) is 3.59. The van der Waals surface area contributed by atoms with Crippen molar-refractivity contribution >= 4 is 5.97 Å². The van der Waals surface area contributed by atoms with Gasteiger partial charge in [0.25, 0.3) is 0 Å². The van der Waals surface area contributed by atoms with Crippen molar-refractivity contribution in [3.8, 4) is 0 Å². The van der Waals surface area contributed by atoms with Gasteiger partial charge in [-0.25, -0.2) is 4.90 Å². The van der Waals surface area contributed by atoms with Crippen LogP contribution in [-0.4, -0.2) is 42.5 Å². The first-order valence-corrected chi connectivity index (χ1v) is 3.59. The summed E-state index contributed by atoms with van der Waals surface area (Å²) in [5, 5.41) is 0. The van der Waals surface area contributed by atoms with Crippen molar-refractivity contribution in [2.24, 2.45) is 0 Å². The van der Waals surface area contributed by atoms with Gasteiger partial charge in [-0.1, -0.05) is 0 Å². The van der Waals surface area contributed by atoms with E-state index in [4.69, 9.17) is 0 Å². The lowest BCUT2D eigenvalue weighted by molar-refractivity contribution is -0.397. The van der Waals surface area contributed by atoms with Crippen molar-refractivity contribution in [3.05, 3.63) is 0 Å². The number of ether oxygens (including phenoxy) is 1. The molecule has 0 aliphatic carbocycles. The van der Waals surface area contributed by atoms with Crippen LogP contribution in [0, 0.1) is 0 Å². The van der Waals surface area contributed by atoms with Crippen molar-refractivity contribution in [1.82, 2.24) is 4.90 Å². The highest BCUT2D eigenvalue weighted by molar-refractivity contribution is 5.74. The van der Waals surface area contributed by atoms with Crippen molar-refractivity contribution in [3.63, 3.8) is 0 Å². The lowest BCUT2D eigenvalue weighted by Crippen LogP contribution is -2.64. The van der Waals surface area contributed by atoms with Crippen molar-refractivity contribution in [1.29, 1.82) is 0 Å². The number of alkyl halides is 6. The topological polar surface area (TPSA) is 29.5 Å². The van der Waals surface area contributed by atoms with Gasteiger partial charge >= 0.3 is 24.0 Å². The predicted molar refractivity (Wildman–Crippen MR) is 33.6 cm³/mol. The molecule has 0 aromatic heterocycles. The second-order valence-corrected chi connectivity index (χ2v) is 2.97. The van der Waals surface area contributed by atoms with Gasteiger partial charge in [0.2, 0.25) is 0 Å². The molecule has 0 radical (unpaired) electrons. The summed E-state index contributed by atoms with van der Waals surface area (Å²) in [6, 6.07) is 0. The molecule has 15 heavy (non-hydrogen) atoms. The summed E-state index contributed by atoms with van der Waals surface area (Å²) in [6.07, 6.45) is -11.5. The summed E-state index contributed by atoms with van der Waals surface area (Å²) in [5.74, 6) is -1.56. The minimum absolute atomic E-state index is 0.213. The molecule has 0 aromatic carbocycles. The fraction of sp³-hybridized carbons (Fsp3) is 0.833. The zero-order valence-electron chi connectivity index (χ0n) is 7.24. The highest BCUT2D eigenvalue weighted by Gasteiger charge is 2.79. The molecule has 0 spiro atoms. The maximum Gasteiger partial charge on any atom is 0.453 e. The van der Waals surface area contributed by atoms with Gasteiger partial charge in [0.15, 0.2) is 0 Å². The third kappa shape index (κ3) is 1.54. The summed E-state index contributed by atoms with van der Waals surface area (Å²) < 4.78 is 77.2. The number of hydrogen-bond acceptors (Lipinski definition) is 3. The minimum atomic E-state index is -5.73. The Labute approximate surface area is 79.6 Å². The second-order valence-electron chi connectivity index (χ2n) is 2.97. The Morgan fingerprint density at radius 3 is 1.73 bits per heavy atom. The fourth-order valence-corrected chi connectivity index (χ4v) is 1.29. The number of halogens is 6. The van der Waals surface area contributed by atoms with Crippen LogP contribution < -0.4 is 0 Å². The molecule has 1 rings (SSSR count). The number of rotatable bonds is 0. The lowest BCUT2D eigenvalue weighted by atomic mass is 10.2. The third-order valence-electron chi connectivity index (χ3n) is 1.93. The molecule has 1 fully saturated rings. The van der Waals surface area contributed by atoms with E-state index in [9.17, 15) is 31.1 Å². The molecular formula is C6H5F6NO2. The Balaban J connectivity index is 3.27. The molecule has 0 atom stereocenters. The Morgan fingerprint density at radius 2 is 1.60 bits per heavy atom. The summed E-state index contributed by atoms with van der Waals surface area (Å²) in [4.78, 5) is 10.3. The van der Waals surface area contributed by atoms with Crippen LogP contribution in [0.5, 0.6) is 0 Å². The molecule has 1 aliphatic rings. The van der Waals surface area contributed by atoms with Gasteiger partial charge in [0.05, 0.1) is 0 Å². The van der Waals surface area contributed by atoms with Gasteiger partial charge in [-0.05, 0) is 7.05 Å². The number of esters is 1. The Morgan fingerprint density at radius 1 is 1.20 bits per heavy atom. The molecule has 0 aromatic rings. The Kier molecular flexibility index (Phi) is 2.42. The van der Waals surface area contributed by atoms with E-state index >= 15 is 0 Å². The predicted octanol–water partition coefficient (Wildman–Crippen LogP) is 1.30. The van der Waals surface area contributed by atoms with E-state index in [-0.39, 0.29) is 4.90 Å². The third-order valence-corrected chi connectivity index (χ3v) is 1.93. The van der Waals surface area contributed by atoms with Gasteiger partial charge in [0.1, 0.15) is 6.54 Å². The first-order chi connectivity index (χ1) is 6.52. The van der Waals surface area contributed by atoms with Crippen molar-refractivity contribution in [2.45, 2.75) is 18.1 Å². The maximum atomic E-state index is 12.3. The van der Waals surface area contributed by atoms with Gasteiger partial charge < -0.3 is 4.74 Å². The van der Waals surface area contributed by atoms with Crippen molar-refractivity contribution < 1.29 is 35.9 Å². The molecular weight excluding hydrogens is 232 g/mol. The van der Waals surface area contributed by atoms with Crippen LogP contribution in [-0.2, 0) is 9.53 Å². The summed E-state index contributed by atoms with van der Waals surface area (Å²) in [5.41, 5.74) is -4.52. The normalized spacial score (nSPS) is 23.0. The zero-order chi connectivity index (χ0) is 12.1. The molecule has 0 amide bonds. The highest BCUT2D eigenvalue weighted by atomic mass is 19.4. The monoisotopic (exact) mass is 237 g/mol. The molecule has 3 nitrogen and oxygen atoms in total. The molecule has 1 saturated heterocycles. The van der Waals surface area contributed by atoms with Gasteiger partial charge in [0, 0.05) is 0 Å². The zero-order valence-corrected chi connectivity index (χ0v) is 7.24. The van der Waals surface area contributed by atoms with Crippen LogP contribution >= 0.6 is 0 Å². The largest absolute Gasteiger partial charge is 0.453 e. The standard InChI is InChI=1S/C6H5F6NO2/c1-13-2-3(14)15-4(13,5(7,8)9)6(10,11)12/h2H2,1H3. The van der Waals surface area contributed by atoms with Gasteiger partial charge in [-0.2, -0.15) is 26.3 Å². The minimum Gasteiger partial charge on any atom is -0.424 e. The smallest absolute Gasteiger partial charge is 0.424 e. The van der Waals surface area contributed by atoms with E-state index in [0.717, 1.165) is 0 Å². The Bertz CT molecular complexity index is 268. The SMILES string of the molecule is CN1CC(=O)OC1(C(F)(F)F)C(F)(F)F. The molecule has 0 unspecified atom stereocenters. The summed E-state index contributed by atoms with van der Waals surface area (Å²) in [7, 11) is 0.520. The average Bonchev–Trinajstić information content (AvgIpc) is 2.23. The fourth-order valence-electron chi connectivity index (χ4n) is 1.29. The number of nitrogens with zero attached hydrogens (tertiary/aromatic N) is 1. The summed E-state index contributed by atoms with van der Waals surface area (Å²) in [6.45, 7) is -1.06. The van der Waals surface area contributed by atoms with Gasteiger partial charge in [-0.3, -0.25) is 4.79 Å². The van der Waals surface area contributed by atoms with Gasteiger partial charge in [-0.15, -0.1) is 0 Å². The number of cyclic esters (lactones) is 1. The molecule has 1 aliphatic heterocycles. The Hall–Kier alpha value is -0.990. The van der Waals surface area contributed by atoms with E-state index in [0.29, 0.717) is 7.05 Å². The number of likely N-dealkylation sites (N-methyl/N-ethyl adjacent to an activating group) is 1. The lowest BCUT2D eigenvalue weighted by Gasteiger charge is -2.35. The maximum absolute atomic E-state index is 12.3. The van der Waals surface area contributed by atoms with Crippen LogP contribution in [0.1, 0.15) is 0 Å². The number of carbonyl (C=O) groups is 1. The van der Waals surface area contributed by atoms with E-state index in [2.05, 4.69) is 4.74 Å². The van der Waals surface area contributed by atoms with Crippen molar-refractivity contribution in [2.75, 3.05) is 13.6 Å². The first kappa shape index (κ1) is 12.1. The van der Waals surface area contributed by atoms with Crippen LogP contribution in [0.2, 0.25) is 0 Å². The summed E-state index contributed by atoms with van der Waals surface area (Å²) >= 11 is 0.